The van der Waals surface area contributed by atoms with Crippen molar-refractivity contribution in [2.75, 3.05) is 0 Å². The van der Waals surface area contributed by atoms with Crippen molar-refractivity contribution in [2.24, 2.45) is 0 Å². The van der Waals surface area contributed by atoms with E-state index in [4.69, 9.17) is 11.6 Å². The van der Waals surface area contributed by atoms with E-state index in [0.717, 1.165) is 33.2 Å². The average Bonchev–Trinajstić information content (AvgIpc) is 3.30. The second-order valence-electron chi connectivity index (χ2n) is 7.77. The summed E-state index contributed by atoms with van der Waals surface area (Å²) < 4.78 is 1.97. The molecule has 0 radical (unpaired) electrons. The molecule has 5 rings (SSSR count). The van der Waals surface area contributed by atoms with Crippen LogP contribution in [0.3, 0.4) is 0 Å². The number of rotatable bonds is 7. The van der Waals surface area contributed by atoms with Gasteiger partial charge in [0.15, 0.2) is 10.8 Å². The predicted octanol–water partition coefficient (Wildman–Crippen LogP) is 6.19. The zero-order chi connectivity index (χ0) is 23.3. The number of nitrogens with zero attached hydrogens (tertiary/aromatic N) is 3. The quantitative estimate of drug-likeness (QED) is 0.280. The summed E-state index contributed by atoms with van der Waals surface area (Å²) in [6.07, 6.45) is 1.95. The Hall–Kier alpha value is -3.61. The number of fused-ring (bicyclic) bond motifs is 1. The van der Waals surface area contributed by atoms with Gasteiger partial charge in [-0.05, 0) is 53.1 Å². The minimum absolute atomic E-state index is 0.133. The second kappa shape index (κ2) is 10.1. The van der Waals surface area contributed by atoms with E-state index in [2.05, 4.69) is 15.5 Å². The highest BCUT2D eigenvalue weighted by molar-refractivity contribution is 7.98. The Morgan fingerprint density at radius 3 is 2.32 bits per heavy atom. The molecule has 1 N–H and O–H groups in total. The molecule has 2 heterocycles. The molecular weight excluding hydrogens is 464 g/mol. The van der Waals surface area contributed by atoms with Gasteiger partial charge in [0.05, 0.1) is 6.04 Å². The normalized spacial score (nSPS) is 11.9. The molecule has 0 bridgehead atoms. The molecule has 7 heteroatoms. The van der Waals surface area contributed by atoms with Crippen molar-refractivity contribution in [3.05, 3.63) is 131 Å². The highest BCUT2D eigenvalue weighted by atomic mass is 35.5. The highest BCUT2D eigenvalue weighted by Gasteiger charge is 2.18. The molecule has 0 spiro atoms. The van der Waals surface area contributed by atoms with Gasteiger partial charge in [0.25, 0.3) is 5.91 Å². The fourth-order valence-electron chi connectivity index (χ4n) is 3.69. The van der Waals surface area contributed by atoms with Crippen molar-refractivity contribution < 1.29 is 4.79 Å². The monoisotopic (exact) mass is 484 g/mol. The van der Waals surface area contributed by atoms with Crippen LogP contribution < -0.4 is 5.32 Å². The van der Waals surface area contributed by atoms with E-state index in [0.29, 0.717) is 10.6 Å². The Balaban J connectivity index is 1.29. The molecule has 5 aromatic rings. The number of nitrogens with one attached hydrogen (secondary N) is 1. The number of amides is 1. The number of carbonyl (C=O) groups is 1. The van der Waals surface area contributed by atoms with Gasteiger partial charge in [0.2, 0.25) is 0 Å². The van der Waals surface area contributed by atoms with Crippen LogP contribution in [0.1, 0.15) is 33.1 Å². The van der Waals surface area contributed by atoms with Gasteiger partial charge in [-0.3, -0.25) is 9.20 Å². The van der Waals surface area contributed by atoms with Crippen LogP contribution in [0.2, 0.25) is 5.02 Å². The largest absolute Gasteiger partial charge is 0.341 e. The first kappa shape index (κ1) is 22.2. The van der Waals surface area contributed by atoms with Crippen molar-refractivity contribution >= 4 is 34.9 Å². The number of hydrogen-bond acceptors (Lipinski definition) is 4. The van der Waals surface area contributed by atoms with E-state index < -0.39 is 0 Å². The minimum Gasteiger partial charge on any atom is -0.341 e. The number of carbonyl (C=O) groups excluding carboxylic acids is 1. The summed E-state index contributed by atoms with van der Waals surface area (Å²) in [6, 6.07) is 30.7. The molecule has 34 heavy (non-hydrogen) atoms. The summed E-state index contributed by atoms with van der Waals surface area (Å²) in [4.78, 5) is 13.1. The van der Waals surface area contributed by atoms with Gasteiger partial charge < -0.3 is 5.32 Å². The fourth-order valence-corrected chi connectivity index (χ4v) is 4.70. The zero-order valence-corrected chi connectivity index (χ0v) is 19.7. The molecule has 1 atom stereocenters. The van der Waals surface area contributed by atoms with Crippen LogP contribution in [0.15, 0.2) is 108 Å². The molecule has 0 aliphatic carbocycles. The van der Waals surface area contributed by atoms with Crippen molar-refractivity contribution in [3.63, 3.8) is 0 Å². The van der Waals surface area contributed by atoms with Crippen molar-refractivity contribution in [2.45, 2.75) is 17.0 Å². The molecule has 5 nitrogen and oxygen atoms in total. The summed E-state index contributed by atoms with van der Waals surface area (Å²) in [5.41, 5.74) is 4.51. The lowest BCUT2D eigenvalue weighted by atomic mass is 9.98. The maximum atomic E-state index is 13.1. The first-order valence-corrected chi connectivity index (χ1v) is 12.2. The van der Waals surface area contributed by atoms with Gasteiger partial charge in [0.1, 0.15) is 0 Å². The molecule has 0 aliphatic rings. The van der Waals surface area contributed by atoms with Crippen LogP contribution in [0.4, 0.5) is 0 Å². The molecule has 0 fully saturated rings. The van der Waals surface area contributed by atoms with E-state index in [1.54, 1.807) is 11.8 Å². The summed E-state index contributed by atoms with van der Waals surface area (Å²) >= 11 is 7.68. The fraction of sp³-hybridized carbons (Fsp3) is 0.0741. The summed E-state index contributed by atoms with van der Waals surface area (Å²) in [7, 11) is 0. The summed E-state index contributed by atoms with van der Waals surface area (Å²) in [5, 5.41) is 13.1. The van der Waals surface area contributed by atoms with Gasteiger partial charge in [-0.15, -0.1) is 10.2 Å². The number of thioether (sulfide) groups is 1. The summed E-state index contributed by atoms with van der Waals surface area (Å²) in [5.74, 6) is 0.598. The average molecular weight is 485 g/mol. The van der Waals surface area contributed by atoms with Crippen molar-refractivity contribution in [1.82, 2.24) is 19.9 Å². The van der Waals surface area contributed by atoms with Crippen LogP contribution in [-0.4, -0.2) is 20.5 Å². The first-order valence-electron chi connectivity index (χ1n) is 10.8. The molecule has 2 aromatic heterocycles. The molecule has 3 aromatic carbocycles. The lowest BCUT2D eigenvalue weighted by Gasteiger charge is -2.20. The molecular formula is C27H21ClN4OS. The summed E-state index contributed by atoms with van der Waals surface area (Å²) in [6.45, 7) is 0. The molecule has 0 saturated carbocycles. The van der Waals surface area contributed by atoms with Crippen LogP contribution in [-0.2, 0) is 5.75 Å². The predicted molar refractivity (Wildman–Crippen MR) is 136 cm³/mol. The molecule has 1 amide bonds. The Morgan fingerprint density at radius 1 is 0.853 bits per heavy atom. The lowest BCUT2D eigenvalue weighted by molar-refractivity contribution is 0.0943. The van der Waals surface area contributed by atoms with E-state index >= 15 is 0 Å². The maximum Gasteiger partial charge on any atom is 0.252 e. The zero-order valence-electron chi connectivity index (χ0n) is 18.1. The second-order valence-corrected chi connectivity index (χ2v) is 9.14. The smallest absolute Gasteiger partial charge is 0.252 e. The Morgan fingerprint density at radius 2 is 1.56 bits per heavy atom. The number of halogens is 1. The van der Waals surface area contributed by atoms with E-state index in [9.17, 15) is 4.79 Å². The lowest BCUT2D eigenvalue weighted by Crippen LogP contribution is -2.29. The van der Waals surface area contributed by atoms with E-state index in [-0.39, 0.29) is 11.9 Å². The molecule has 168 valence electrons. The van der Waals surface area contributed by atoms with Crippen LogP contribution in [0.25, 0.3) is 5.65 Å². The van der Waals surface area contributed by atoms with Crippen molar-refractivity contribution in [1.29, 1.82) is 0 Å². The third-order valence-corrected chi connectivity index (χ3v) is 6.74. The highest BCUT2D eigenvalue weighted by Crippen LogP contribution is 2.25. The minimum atomic E-state index is -0.276. The van der Waals surface area contributed by atoms with E-state index in [1.807, 2.05) is 108 Å². The Labute approximate surface area is 206 Å². The number of benzene rings is 3. The topological polar surface area (TPSA) is 59.3 Å². The van der Waals surface area contributed by atoms with Gasteiger partial charge >= 0.3 is 0 Å². The maximum absolute atomic E-state index is 13.1. The van der Waals surface area contributed by atoms with Gasteiger partial charge in [-0.2, -0.15) is 0 Å². The number of aromatic nitrogens is 3. The van der Waals surface area contributed by atoms with Crippen LogP contribution >= 0.6 is 23.4 Å². The standard InChI is InChI=1S/C27H21ClN4OS/c28-23-15-13-21(14-16-23)25(20-6-2-1-3-7-20)29-26(33)22-11-9-19(10-12-22)18-34-27-31-30-24-8-4-5-17-32(24)27/h1-17,25H,18H2,(H,29,33). The van der Waals surface area contributed by atoms with Gasteiger partial charge in [0, 0.05) is 22.5 Å². The van der Waals surface area contributed by atoms with Gasteiger partial charge in [-0.25, -0.2) is 0 Å². The van der Waals surface area contributed by atoms with Crippen LogP contribution in [0.5, 0.6) is 0 Å². The molecule has 0 aliphatic heterocycles. The first-order chi connectivity index (χ1) is 16.7. The SMILES string of the molecule is O=C(NC(c1ccccc1)c1ccc(Cl)cc1)c1ccc(CSc2nnc3ccccn23)cc1. The molecule has 1 unspecified atom stereocenters. The van der Waals surface area contributed by atoms with Crippen LogP contribution in [0, 0.1) is 0 Å². The van der Waals surface area contributed by atoms with E-state index in [1.165, 1.54) is 0 Å². The third kappa shape index (κ3) is 4.98. The Bertz CT molecular complexity index is 1400. The third-order valence-electron chi connectivity index (χ3n) is 5.48. The Kier molecular flexibility index (Phi) is 6.60. The number of pyridine rings is 1. The number of hydrogen-bond donors (Lipinski definition) is 1. The van der Waals surface area contributed by atoms with Crippen molar-refractivity contribution in [3.8, 4) is 0 Å². The molecule has 0 saturated heterocycles. The van der Waals surface area contributed by atoms with Gasteiger partial charge in [-0.1, -0.05) is 84.0 Å².